The minimum atomic E-state index is 0.669. The second-order valence-electron chi connectivity index (χ2n) is 5.01. The molecule has 1 aliphatic heterocycles. The Morgan fingerprint density at radius 1 is 1.35 bits per heavy atom. The summed E-state index contributed by atoms with van der Waals surface area (Å²) in [5.74, 6) is 1.69. The van der Waals surface area contributed by atoms with Gasteiger partial charge in [0.15, 0.2) is 0 Å². The lowest BCUT2D eigenvalue weighted by Gasteiger charge is -2.28. The van der Waals surface area contributed by atoms with Crippen molar-refractivity contribution in [3.05, 3.63) is 29.3 Å². The molecule has 0 radical (unpaired) electrons. The highest BCUT2D eigenvalue weighted by Gasteiger charge is 2.19. The summed E-state index contributed by atoms with van der Waals surface area (Å²) in [4.78, 5) is 0. The summed E-state index contributed by atoms with van der Waals surface area (Å²) in [6.45, 7) is 5.56. The van der Waals surface area contributed by atoms with Crippen molar-refractivity contribution in [3.63, 3.8) is 0 Å². The molecule has 0 aliphatic carbocycles. The van der Waals surface area contributed by atoms with Gasteiger partial charge in [0.1, 0.15) is 5.75 Å². The number of rotatable bonds is 3. The summed E-state index contributed by atoms with van der Waals surface area (Å²) in [7, 11) is 1.75. The summed E-state index contributed by atoms with van der Waals surface area (Å²) in [5, 5.41) is 3.57. The number of methoxy groups -OCH3 is 1. The number of piperidine rings is 1. The van der Waals surface area contributed by atoms with Crippen LogP contribution in [-0.4, -0.2) is 19.7 Å². The predicted octanol–water partition coefficient (Wildman–Crippen LogP) is 3.11. The van der Waals surface area contributed by atoms with Crippen LogP contribution in [0.25, 0.3) is 0 Å². The maximum absolute atomic E-state index is 5.38. The predicted molar refractivity (Wildman–Crippen MR) is 71.8 cm³/mol. The van der Waals surface area contributed by atoms with Crippen molar-refractivity contribution in [3.8, 4) is 5.75 Å². The van der Waals surface area contributed by atoms with Crippen LogP contribution in [-0.2, 0) is 6.42 Å². The summed E-state index contributed by atoms with van der Waals surface area (Å²) in [6.07, 6.45) is 3.61. The molecule has 1 aliphatic rings. The lowest BCUT2D eigenvalue weighted by molar-refractivity contribution is 0.383. The summed E-state index contributed by atoms with van der Waals surface area (Å²) < 4.78 is 5.38. The van der Waals surface area contributed by atoms with Crippen molar-refractivity contribution in [1.82, 2.24) is 5.32 Å². The fourth-order valence-corrected chi connectivity index (χ4v) is 2.61. The molecule has 2 heteroatoms. The second-order valence-corrected chi connectivity index (χ2v) is 5.01. The first-order chi connectivity index (χ1) is 8.24. The Balaban J connectivity index is 2.16. The summed E-state index contributed by atoms with van der Waals surface area (Å²) in [5.41, 5.74) is 2.78. The number of ether oxygens (including phenoxy) is 1. The van der Waals surface area contributed by atoms with Gasteiger partial charge in [0.25, 0.3) is 0 Å². The molecule has 1 saturated heterocycles. The van der Waals surface area contributed by atoms with Gasteiger partial charge < -0.3 is 10.1 Å². The van der Waals surface area contributed by atoms with Gasteiger partial charge in [0.2, 0.25) is 0 Å². The lowest BCUT2D eigenvalue weighted by Crippen LogP contribution is -2.35. The normalized spacial score (nSPS) is 24.6. The average Bonchev–Trinajstić information content (AvgIpc) is 2.39. The Hall–Kier alpha value is -1.02. The Labute approximate surface area is 104 Å². The number of hydrogen-bond donors (Lipinski definition) is 1. The number of nitrogens with one attached hydrogen (secondary N) is 1. The quantitative estimate of drug-likeness (QED) is 0.866. The molecule has 2 unspecified atom stereocenters. The fourth-order valence-electron chi connectivity index (χ4n) is 2.61. The van der Waals surface area contributed by atoms with E-state index >= 15 is 0 Å². The van der Waals surface area contributed by atoms with Crippen LogP contribution < -0.4 is 10.1 Å². The van der Waals surface area contributed by atoms with Gasteiger partial charge in [-0.15, -0.1) is 0 Å². The van der Waals surface area contributed by atoms with E-state index in [2.05, 4.69) is 37.4 Å². The minimum Gasteiger partial charge on any atom is -0.496 e. The standard InChI is InChI=1S/C15H23NO/c1-4-12-9-13(7-8-15(12)17-3)14-6-5-11(2)16-10-14/h7-9,11,14,16H,4-6,10H2,1-3H3. The van der Waals surface area contributed by atoms with E-state index in [0.717, 1.165) is 18.7 Å². The van der Waals surface area contributed by atoms with Gasteiger partial charge >= 0.3 is 0 Å². The monoisotopic (exact) mass is 233 g/mol. The molecule has 1 heterocycles. The Kier molecular flexibility index (Phi) is 4.06. The van der Waals surface area contributed by atoms with Gasteiger partial charge in [-0.1, -0.05) is 19.1 Å². The molecular weight excluding hydrogens is 210 g/mol. The second kappa shape index (κ2) is 5.54. The minimum absolute atomic E-state index is 0.669. The van der Waals surface area contributed by atoms with Crippen LogP contribution in [0.2, 0.25) is 0 Å². The van der Waals surface area contributed by atoms with E-state index in [1.807, 2.05) is 0 Å². The smallest absolute Gasteiger partial charge is 0.122 e. The van der Waals surface area contributed by atoms with Crippen molar-refractivity contribution in [2.45, 2.75) is 45.1 Å². The lowest BCUT2D eigenvalue weighted by atomic mass is 9.88. The largest absolute Gasteiger partial charge is 0.496 e. The van der Waals surface area contributed by atoms with Gasteiger partial charge in [-0.05, 0) is 49.3 Å². The fraction of sp³-hybridized carbons (Fsp3) is 0.600. The summed E-state index contributed by atoms with van der Waals surface area (Å²) in [6, 6.07) is 7.34. The molecule has 17 heavy (non-hydrogen) atoms. The van der Waals surface area contributed by atoms with Crippen molar-refractivity contribution in [1.29, 1.82) is 0 Å². The maximum atomic E-state index is 5.38. The number of aryl methyl sites for hydroxylation is 1. The highest BCUT2D eigenvalue weighted by molar-refractivity contribution is 5.38. The molecular formula is C15H23NO. The van der Waals surface area contributed by atoms with E-state index < -0.39 is 0 Å². The van der Waals surface area contributed by atoms with E-state index in [1.54, 1.807) is 7.11 Å². The molecule has 94 valence electrons. The zero-order chi connectivity index (χ0) is 12.3. The first kappa shape index (κ1) is 12.4. The van der Waals surface area contributed by atoms with Crippen LogP contribution in [0.1, 0.15) is 43.7 Å². The average molecular weight is 233 g/mol. The van der Waals surface area contributed by atoms with Crippen LogP contribution >= 0.6 is 0 Å². The van der Waals surface area contributed by atoms with E-state index in [9.17, 15) is 0 Å². The van der Waals surface area contributed by atoms with E-state index in [-0.39, 0.29) is 0 Å². The Morgan fingerprint density at radius 2 is 2.18 bits per heavy atom. The third-order valence-corrected chi connectivity index (χ3v) is 3.82. The SMILES string of the molecule is CCc1cc(C2CCC(C)NC2)ccc1OC. The first-order valence-electron chi connectivity index (χ1n) is 6.64. The van der Waals surface area contributed by atoms with Crippen molar-refractivity contribution < 1.29 is 4.74 Å². The Morgan fingerprint density at radius 3 is 2.76 bits per heavy atom. The van der Waals surface area contributed by atoms with Crippen molar-refractivity contribution >= 4 is 0 Å². The topological polar surface area (TPSA) is 21.3 Å². The van der Waals surface area contributed by atoms with Gasteiger partial charge in [-0.2, -0.15) is 0 Å². The van der Waals surface area contributed by atoms with E-state index in [1.165, 1.54) is 24.0 Å². The summed E-state index contributed by atoms with van der Waals surface area (Å²) >= 11 is 0. The first-order valence-corrected chi connectivity index (χ1v) is 6.64. The van der Waals surface area contributed by atoms with Crippen molar-refractivity contribution in [2.75, 3.05) is 13.7 Å². The zero-order valence-corrected chi connectivity index (χ0v) is 11.1. The van der Waals surface area contributed by atoms with Gasteiger partial charge in [0, 0.05) is 12.6 Å². The molecule has 2 nitrogen and oxygen atoms in total. The third kappa shape index (κ3) is 2.81. The molecule has 0 bridgehead atoms. The highest BCUT2D eigenvalue weighted by atomic mass is 16.5. The molecule has 2 rings (SSSR count). The molecule has 1 aromatic carbocycles. The highest BCUT2D eigenvalue weighted by Crippen LogP contribution is 2.29. The zero-order valence-electron chi connectivity index (χ0n) is 11.1. The van der Waals surface area contributed by atoms with Crippen LogP contribution in [0.3, 0.4) is 0 Å². The number of hydrogen-bond acceptors (Lipinski definition) is 2. The molecule has 1 fully saturated rings. The van der Waals surface area contributed by atoms with Crippen LogP contribution in [0.5, 0.6) is 5.75 Å². The third-order valence-electron chi connectivity index (χ3n) is 3.82. The van der Waals surface area contributed by atoms with E-state index in [0.29, 0.717) is 12.0 Å². The van der Waals surface area contributed by atoms with Gasteiger partial charge in [0.05, 0.1) is 7.11 Å². The molecule has 0 saturated carbocycles. The van der Waals surface area contributed by atoms with Gasteiger partial charge in [-0.3, -0.25) is 0 Å². The molecule has 0 amide bonds. The maximum Gasteiger partial charge on any atom is 0.122 e. The molecule has 2 atom stereocenters. The molecule has 0 aromatic heterocycles. The number of benzene rings is 1. The van der Waals surface area contributed by atoms with Crippen LogP contribution in [0.15, 0.2) is 18.2 Å². The van der Waals surface area contributed by atoms with Crippen molar-refractivity contribution in [2.24, 2.45) is 0 Å². The molecule has 1 aromatic rings. The van der Waals surface area contributed by atoms with Crippen LogP contribution in [0.4, 0.5) is 0 Å². The molecule has 1 N–H and O–H groups in total. The van der Waals surface area contributed by atoms with E-state index in [4.69, 9.17) is 4.74 Å². The Bertz CT molecular complexity index is 367. The van der Waals surface area contributed by atoms with Gasteiger partial charge in [-0.25, -0.2) is 0 Å². The van der Waals surface area contributed by atoms with Crippen LogP contribution in [0, 0.1) is 0 Å². The molecule has 0 spiro atoms.